The minimum absolute atomic E-state index is 0.0362. The normalized spacial score (nSPS) is 10.4. The smallest absolute Gasteiger partial charge is 0.337 e. The van der Waals surface area contributed by atoms with Gasteiger partial charge >= 0.3 is 11.9 Å². The van der Waals surface area contributed by atoms with Gasteiger partial charge in [0.2, 0.25) is 0 Å². The third-order valence-corrected chi connectivity index (χ3v) is 4.31. The quantitative estimate of drug-likeness (QED) is 0.613. The number of esters is 2. The van der Waals surface area contributed by atoms with E-state index < -0.39 is 0 Å². The second-order valence-corrected chi connectivity index (χ2v) is 5.51. The number of benzene rings is 2. The Balaban J connectivity index is 2.18. The van der Waals surface area contributed by atoms with E-state index in [1.165, 1.54) is 14.2 Å². The zero-order chi connectivity index (χ0) is 16.1. The Kier molecular flexibility index (Phi) is 5.33. The van der Waals surface area contributed by atoms with Gasteiger partial charge < -0.3 is 9.47 Å². The molecule has 0 aliphatic heterocycles. The van der Waals surface area contributed by atoms with Gasteiger partial charge in [0.15, 0.2) is 0 Å². The fraction of sp³-hybridized carbons (Fsp3) is 0.176. The summed E-state index contributed by atoms with van der Waals surface area (Å²) in [5, 5.41) is 0. The Morgan fingerprint density at radius 1 is 0.773 bits per heavy atom. The molecule has 0 spiro atoms. The van der Waals surface area contributed by atoms with Gasteiger partial charge in [-0.25, -0.2) is 9.59 Å². The Bertz CT molecular complexity index is 603. The van der Waals surface area contributed by atoms with Crippen LogP contribution in [0.5, 0.6) is 0 Å². The average Bonchev–Trinajstić information content (AvgIpc) is 2.60. The monoisotopic (exact) mass is 362 g/mol. The molecule has 114 valence electrons. The van der Waals surface area contributed by atoms with Gasteiger partial charge in [0.05, 0.1) is 30.2 Å². The molecule has 0 aliphatic carbocycles. The number of halogens is 1. The van der Waals surface area contributed by atoms with Crippen LogP contribution in [0.2, 0.25) is 0 Å². The molecule has 0 fully saturated rings. The van der Waals surface area contributed by atoms with Crippen molar-refractivity contribution in [3.05, 3.63) is 70.8 Å². The molecule has 4 nitrogen and oxygen atoms in total. The molecule has 2 aromatic carbocycles. The van der Waals surface area contributed by atoms with Crippen molar-refractivity contribution in [3.8, 4) is 0 Å². The summed E-state index contributed by atoms with van der Waals surface area (Å²) in [7, 11) is 2.71. The van der Waals surface area contributed by atoms with Gasteiger partial charge in [0.25, 0.3) is 0 Å². The number of carbonyl (C=O) groups is 2. The number of alkyl halides is 1. The summed E-state index contributed by atoms with van der Waals surface area (Å²) >= 11 is 3.62. The first-order valence-electron chi connectivity index (χ1n) is 6.57. The predicted molar refractivity (Wildman–Crippen MR) is 86.3 cm³/mol. The van der Waals surface area contributed by atoms with E-state index in [0.717, 1.165) is 11.1 Å². The Morgan fingerprint density at radius 2 is 1.09 bits per heavy atom. The van der Waals surface area contributed by atoms with Crippen molar-refractivity contribution in [1.29, 1.82) is 0 Å². The maximum atomic E-state index is 11.4. The maximum absolute atomic E-state index is 11.4. The lowest BCUT2D eigenvalue weighted by Gasteiger charge is -2.12. The summed E-state index contributed by atoms with van der Waals surface area (Å²) in [6.45, 7) is 0. The Labute approximate surface area is 137 Å². The van der Waals surface area contributed by atoms with Crippen LogP contribution in [-0.2, 0) is 9.47 Å². The molecule has 0 amide bonds. The zero-order valence-corrected chi connectivity index (χ0v) is 13.8. The van der Waals surface area contributed by atoms with Crippen molar-refractivity contribution in [3.63, 3.8) is 0 Å². The second kappa shape index (κ2) is 7.22. The molecule has 2 aromatic rings. The van der Waals surface area contributed by atoms with Gasteiger partial charge in [-0.3, -0.25) is 0 Å². The average molecular weight is 363 g/mol. The van der Waals surface area contributed by atoms with Crippen molar-refractivity contribution in [1.82, 2.24) is 0 Å². The largest absolute Gasteiger partial charge is 0.465 e. The van der Waals surface area contributed by atoms with Crippen LogP contribution in [-0.4, -0.2) is 26.2 Å². The van der Waals surface area contributed by atoms with Gasteiger partial charge in [-0.05, 0) is 35.4 Å². The van der Waals surface area contributed by atoms with E-state index >= 15 is 0 Å². The Hall–Kier alpha value is -2.14. The molecule has 0 aromatic heterocycles. The minimum Gasteiger partial charge on any atom is -0.465 e. The summed E-state index contributed by atoms with van der Waals surface area (Å²) in [4.78, 5) is 22.8. The van der Waals surface area contributed by atoms with Crippen molar-refractivity contribution < 1.29 is 19.1 Å². The molecular formula is C17H15BrO4. The predicted octanol–water partition coefficient (Wildman–Crippen LogP) is 3.74. The first kappa shape index (κ1) is 16.2. The van der Waals surface area contributed by atoms with E-state index in [9.17, 15) is 9.59 Å². The first-order chi connectivity index (χ1) is 10.6. The molecule has 0 atom stereocenters. The molecule has 0 heterocycles. The van der Waals surface area contributed by atoms with Gasteiger partial charge in [-0.1, -0.05) is 40.2 Å². The van der Waals surface area contributed by atoms with E-state index in [-0.39, 0.29) is 16.8 Å². The highest BCUT2D eigenvalue weighted by molar-refractivity contribution is 9.09. The topological polar surface area (TPSA) is 52.6 Å². The van der Waals surface area contributed by atoms with E-state index in [0.29, 0.717) is 11.1 Å². The number of rotatable bonds is 4. The molecule has 0 saturated heterocycles. The summed E-state index contributed by atoms with van der Waals surface area (Å²) < 4.78 is 9.35. The zero-order valence-electron chi connectivity index (χ0n) is 12.2. The molecule has 0 bridgehead atoms. The lowest BCUT2D eigenvalue weighted by Crippen LogP contribution is -2.02. The highest BCUT2D eigenvalue weighted by Gasteiger charge is 2.13. The lowest BCUT2D eigenvalue weighted by atomic mass is 10.0. The molecule has 0 aliphatic rings. The van der Waals surface area contributed by atoms with Gasteiger partial charge in [0, 0.05) is 0 Å². The number of ether oxygens (including phenoxy) is 2. The van der Waals surface area contributed by atoms with Crippen LogP contribution < -0.4 is 0 Å². The van der Waals surface area contributed by atoms with E-state index in [4.69, 9.17) is 0 Å². The van der Waals surface area contributed by atoms with Crippen molar-refractivity contribution >= 4 is 27.9 Å². The van der Waals surface area contributed by atoms with E-state index in [2.05, 4.69) is 25.4 Å². The SMILES string of the molecule is COC(=O)c1ccc(C(Br)c2ccc(C(=O)OC)cc2)cc1. The second-order valence-electron chi connectivity index (χ2n) is 4.59. The van der Waals surface area contributed by atoms with Crippen LogP contribution in [0.3, 0.4) is 0 Å². The molecule has 5 heteroatoms. The van der Waals surface area contributed by atoms with E-state index in [1.54, 1.807) is 24.3 Å². The van der Waals surface area contributed by atoms with Crippen LogP contribution in [0.25, 0.3) is 0 Å². The highest BCUT2D eigenvalue weighted by Crippen LogP contribution is 2.31. The van der Waals surface area contributed by atoms with Crippen LogP contribution in [0, 0.1) is 0 Å². The summed E-state index contributed by atoms with van der Waals surface area (Å²) in [6, 6.07) is 14.3. The first-order valence-corrected chi connectivity index (χ1v) is 7.49. The fourth-order valence-corrected chi connectivity index (χ4v) is 2.61. The van der Waals surface area contributed by atoms with E-state index in [1.807, 2.05) is 24.3 Å². The molecular weight excluding hydrogens is 348 g/mol. The van der Waals surface area contributed by atoms with Gasteiger partial charge in [0.1, 0.15) is 0 Å². The maximum Gasteiger partial charge on any atom is 0.337 e. The summed E-state index contributed by atoms with van der Waals surface area (Å²) in [6.07, 6.45) is 0. The minimum atomic E-state index is -0.361. The molecule has 0 unspecified atom stereocenters. The molecule has 0 N–H and O–H groups in total. The van der Waals surface area contributed by atoms with Crippen molar-refractivity contribution in [2.45, 2.75) is 4.83 Å². The number of carbonyl (C=O) groups excluding carboxylic acids is 2. The van der Waals surface area contributed by atoms with Crippen molar-refractivity contribution in [2.24, 2.45) is 0 Å². The highest BCUT2D eigenvalue weighted by atomic mass is 79.9. The number of hydrogen-bond acceptors (Lipinski definition) is 4. The third kappa shape index (κ3) is 3.54. The van der Waals surface area contributed by atoms with Crippen LogP contribution >= 0.6 is 15.9 Å². The lowest BCUT2D eigenvalue weighted by molar-refractivity contribution is 0.0592. The van der Waals surface area contributed by atoms with Crippen LogP contribution in [0.4, 0.5) is 0 Å². The fourth-order valence-electron chi connectivity index (χ4n) is 2.00. The Morgan fingerprint density at radius 3 is 1.36 bits per heavy atom. The third-order valence-electron chi connectivity index (χ3n) is 3.25. The summed E-state index contributed by atoms with van der Waals surface area (Å²) in [5.41, 5.74) is 3.01. The number of hydrogen-bond donors (Lipinski definition) is 0. The standard InChI is InChI=1S/C17H15BrO4/c1-21-16(19)13-7-3-11(4-8-13)15(18)12-5-9-14(10-6-12)17(20)22-2/h3-10,15H,1-2H3. The molecule has 2 rings (SSSR count). The summed E-state index contributed by atoms with van der Waals surface area (Å²) in [5.74, 6) is -0.722. The number of methoxy groups -OCH3 is 2. The van der Waals surface area contributed by atoms with Crippen molar-refractivity contribution in [2.75, 3.05) is 14.2 Å². The van der Waals surface area contributed by atoms with Gasteiger partial charge in [-0.15, -0.1) is 0 Å². The van der Waals surface area contributed by atoms with Gasteiger partial charge in [-0.2, -0.15) is 0 Å². The molecule has 22 heavy (non-hydrogen) atoms. The van der Waals surface area contributed by atoms with Crippen LogP contribution in [0.1, 0.15) is 36.7 Å². The van der Waals surface area contributed by atoms with Crippen LogP contribution in [0.15, 0.2) is 48.5 Å². The molecule has 0 radical (unpaired) electrons. The molecule has 0 saturated carbocycles.